The highest BCUT2D eigenvalue weighted by atomic mass is 16.6. The molecule has 0 saturated carbocycles. The second kappa shape index (κ2) is 37.9. The van der Waals surface area contributed by atoms with Crippen LogP contribution in [0, 0.1) is 0 Å². The summed E-state index contributed by atoms with van der Waals surface area (Å²) in [5.74, 6) is -0.976. The van der Waals surface area contributed by atoms with Crippen molar-refractivity contribution in [3.63, 3.8) is 0 Å². The third-order valence-corrected chi connectivity index (χ3v) is 8.04. The van der Waals surface area contributed by atoms with Crippen molar-refractivity contribution in [1.82, 2.24) is 0 Å². The first kappa shape index (κ1) is 46.1. The maximum absolute atomic E-state index is 12.5. The Labute approximate surface area is 300 Å². The van der Waals surface area contributed by atoms with Crippen molar-refractivity contribution in [2.75, 3.05) is 13.2 Å². The molecular weight excluding hydrogens is 612 g/mol. The Morgan fingerprint density at radius 3 is 1.24 bits per heavy atom. The van der Waals surface area contributed by atoms with E-state index >= 15 is 0 Å². The van der Waals surface area contributed by atoms with Gasteiger partial charge < -0.3 is 14.2 Å². The Kier molecular flexibility index (Phi) is 35.7. The van der Waals surface area contributed by atoms with E-state index in [9.17, 15) is 14.4 Å². The monoisotopic (exact) mass is 685 g/mol. The van der Waals surface area contributed by atoms with Crippen molar-refractivity contribution in [3.05, 3.63) is 60.8 Å². The van der Waals surface area contributed by atoms with Gasteiger partial charge in [0, 0.05) is 19.3 Å². The van der Waals surface area contributed by atoms with E-state index in [1.165, 1.54) is 51.4 Å². The largest absolute Gasteiger partial charge is 0.462 e. The Morgan fingerprint density at radius 2 is 0.796 bits per heavy atom. The topological polar surface area (TPSA) is 78.9 Å². The molecule has 0 heterocycles. The molecule has 6 nitrogen and oxygen atoms in total. The summed E-state index contributed by atoms with van der Waals surface area (Å²) in [5.41, 5.74) is 0. The number of allylic oxidation sites excluding steroid dienone is 10. The van der Waals surface area contributed by atoms with Gasteiger partial charge in [-0.2, -0.15) is 0 Å². The summed E-state index contributed by atoms with van der Waals surface area (Å²) in [5, 5.41) is 0. The molecule has 1 atom stereocenters. The molecule has 49 heavy (non-hydrogen) atoms. The second-order valence-electron chi connectivity index (χ2n) is 12.8. The molecule has 0 fully saturated rings. The molecule has 280 valence electrons. The molecular formula is C43H72O6. The average molecular weight is 685 g/mol. The van der Waals surface area contributed by atoms with Crippen molar-refractivity contribution in [2.45, 2.75) is 181 Å². The fraction of sp³-hybridized carbons (Fsp3) is 0.698. The predicted molar refractivity (Wildman–Crippen MR) is 205 cm³/mol. The zero-order valence-corrected chi connectivity index (χ0v) is 31.7. The highest BCUT2D eigenvalue weighted by molar-refractivity contribution is 5.71. The van der Waals surface area contributed by atoms with E-state index in [-0.39, 0.29) is 37.5 Å². The van der Waals surface area contributed by atoms with E-state index in [0.717, 1.165) is 77.0 Å². The smallest absolute Gasteiger partial charge is 0.306 e. The molecule has 6 heteroatoms. The number of hydrogen-bond acceptors (Lipinski definition) is 6. The van der Waals surface area contributed by atoms with Crippen LogP contribution < -0.4 is 0 Å². The van der Waals surface area contributed by atoms with E-state index in [4.69, 9.17) is 14.2 Å². The number of esters is 3. The lowest BCUT2D eigenvalue weighted by Gasteiger charge is -2.18. The SMILES string of the molecule is CC/C=C\C/C=C\C/C=C\C/C=C\C/C=C\CCCC(=O)OCC(COC(=O)CCCCCCCCC)OC(=O)CCCCCCCCC. The summed E-state index contributed by atoms with van der Waals surface area (Å²) in [4.78, 5) is 37.2. The fourth-order valence-electron chi connectivity index (χ4n) is 5.06. The molecule has 1 unspecified atom stereocenters. The van der Waals surface area contributed by atoms with Crippen LogP contribution in [0.25, 0.3) is 0 Å². The van der Waals surface area contributed by atoms with E-state index in [1.807, 2.05) is 0 Å². The molecule has 0 rings (SSSR count). The number of carbonyl (C=O) groups excluding carboxylic acids is 3. The quantitative estimate of drug-likeness (QED) is 0.0290. The minimum absolute atomic E-state index is 0.0919. The van der Waals surface area contributed by atoms with Gasteiger partial charge in [0.15, 0.2) is 6.10 Å². The molecule has 0 aliphatic carbocycles. The third-order valence-electron chi connectivity index (χ3n) is 8.04. The predicted octanol–water partition coefficient (Wildman–Crippen LogP) is 12.2. The normalized spacial score (nSPS) is 12.6. The first-order valence-electron chi connectivity index (χ1n) is 19.8. The zero-order chi connectivity index (χ0) is 35.9. The van der Waals surface area contributed by atoms with Gasteiger partial charge in [-0.1, -0.05) is 159 Å². The van der Waals surface area contributed by atoms with Crippen molar-refractivity contribution in [3.8, 4) is 0 Å². The molecule has 0 saturated heterocycles. The van der Waals surface area contributed by atoms with Crippen LogP contribution in [0.2, 0.25) is 0 Å². The lowest BCUT2D eigenvalue weighted by Crippen LogP contribution is -2.30. The Hall–Kier alpha value is -2.89. The van der Waals surface area contributed by atoms with Crippen LogP contribution in [0.1, 0.15) is 175 Å². The highest BCUT2D eigenvalue weighted by Crippen LogP contribution is 2.12. The van der Waals surface area contributed by atoms with E-state index in [1.54, 1.807) is 0 Å². The van der Waals surface area contributed by atoms with Gasteiger partial charge in [-0.3, -0.25) is 14.4 Å². The number of rotatable bonds is 34. The molecule has 0 aromatic heterocycles. The maximum atomic E-state index is 12.5. The average Bonchev–Trinajstić information content (AvgIpc) is 3.10. The molecule has 0 spiro atoms. The second-order valence-corrected chi connectivity index (χ2v) is 12.8. The maximum Gasteiger partial charge on any atom is 0.306 e. The summed E-state index contributed by atoms with van der Waals surface area (Å²) < 4.78 is 16.5. The van der Waals surface area contributed by atoms with E-state index in [0.29, 0.717) is 19.3 Å². The number of unbranched alkanes of at least 4 members (excludes halogenated alkanes) is 13. The summed E-state index contributed by atoms with van der Waals surface area (Å²) in [6.45, 7) is 6.35. The van der Waals surface area contributed by atoms with Crippen LogP contribution in [0.3, 0.4) is 0 Å². The number of ether oxygens (including phenoxy) is 3. The zero-order valence-electron chi connectivity index (χ0n) is 31.7. The van der Waals surface area contributed by atoms with Crippen LogP contribution in [0.15, 0.2) is 60.8 Å². The Morgan fingerprint density at radius 1 is 0.429 bits per heavy atom. The lowest BCUT2D eigenvalue weighted by atomic mass is 10.1. The summed E-state index contributed by atoms with van der Waals surface area (Å²) in [7, 11) is 0. The first-order chi connectivity index (χ1) is 24.0. The molecule has 0 amide bonds. The molecule has 0 N–H and O–H groups in total. The molecule has 0 aromatic rings. The first-order valence-corrected chi connectivity index (χ1v) is 19.8. The van der Waals surface area contributed by atoms with Gasteiger partial charge in [0.2, 0.25) is 0 Å². The summed E-state index contributed by atoms with van der Waals surface area (Å²) in [6.07, 6.45) is 43.8. The minimum Gasteiger partial charge on any atom is -0.462 e. The summed E-state index contributed by atoms with van der Waals surface area (Å²) >= 11 is 0. The van der Waals surface area contributed by atoms with Gasteiger partial charge in [0.05, 0.1) is 0 Å². The minimum atomic E-state index is -0.787. The summed E-state index contributed by atoms with van der Waals surface area (Å²) in [6, 6.07) is 0. The fourth-order valence-corrected chi connectivity index (χ4v) is 5.06. The molecule has 0 aromatic carbocycles. The van der Waals surface area contributed by atoms with Gasteiger partial charge in [-0.25, -0.2) is 0 Å². The lowest BCUT2D eigenvalue weighted by molar-refractivity contribution is -0.167. The Bertz CT molecular complexity index is 929. The molecule has 0 bridgehead atoms. The van der Waals surface area contributed by atoms with Crippen LogP contribution in [0.5, 0.6) is 0 Å². The van der Waals surface area contributed by atoms with Gasteiger partial charge in [0.1, 0.15) is 13.2 Å². The van der Waals surface area contributed by atoms with Crippen molar-refractivity contribution in [1.29, 1.82) is 0 Å². The van der Waals surface area contributed by atoms with E-state index in [2.05, 4.69) is 81.5 Å². The van der Waals surface area contributed by atoms with Crippen molar-refractivity contribution < 1.29 is 28.6 Å². The van der Waals surface area contributed by atoms with Gasteiger partial charge in [0.25, 0.3) is 0 Å². The standard InChI is InChI=1S/C43H72O6/c1-4-7-10-13-16-17-18-19-20-21-22-23-24-25-28-30-33-36-42(45)48-39-40(49-43(46)37-34-31-27-15-12-9-6-3)38-47-41(44)35-32-29-26-14-11-8-5-2/h7,10,16-17,19-20,22-23,25,28,40H,4-6,8-9,11-15,18,21,24,26-27,29-39H2,1-3H3/b10-7-,17-16-,20-19-,23-22-,28-25-. The van der Waals surface area contributed by atoms with Crippen LogP contribution in [-0.4, -0.2) is 37.2 Å². The van der Waals surface area contributed by atoms with Crippen LogP contribution in [0.4, 0.5) is 0 Å². The van der Waals surface area contributed by atoms with Gasteiger partial charge >= 0.3 is 17.9 Å². The highest BCUT2D eigenvalue weighted by Gasteiger charge is 2.19. The number of hydrogen-bond donors (Lipinski definition) is 0. The van der Waals surface area contributed by atoms with E-state index < -0.39 is 6.10 Å². The molecule has 0 aliphatic rings. The van der Waals surface area contributed by atoms with Crippen LogP contribution >= 0.6 is 0 Å². The molecule has 0 radical (unpaired) electrons. The third kappa shape index (κ3) is 36.2. The van der Waals surface area contributed by atoms with Crippen molar-refractivity contribution >= 4 is 17.9 Å². The number of carbonyl (C=O) groups is 3. The Balaban J connectivity index is 4.38. The van der Waals surface area contributed by atoms with Crippen molar-refractivity contribution in [2.24, 2.45) is 0 Å². The van der Waals surface area contributed by atoms with Crippen LogP contribution in [-0.2, 0) is 28.6 Å². The van der Waals surface area contributed by atoms with Gasteiger partial charge in [-0.05, 0) is 57.8 Å². The molecule has 0 aliphatic heterocycles. The van der Waals surface area contributed by atoms with Gasteiger partial charge in [-0.15, -0.1) is 0 Å².